The van der Waals surface area contributed by atoms with Crippen LogP contribution in [0.3, 0.4) is 0 Å². The summed E-state index contributed by atoms with van der Waals surface area (Å²) in [5.41, 5.74) is 2.44. The van der Waals surface area contributed by atoms with Crippen LogP contribution in [0.2, 0.25) is 0 Å². The maximum Gasteiger partial charge on any atom is 0.0866 e. The zero-order valence-corrected chi connectivity index (χ0v) is 6.87. The van der Waals surface area contributed by atoms with E-state index in [1.807, 2.05) is 17.9 Å². The van der Waals surface area contributed by atoms with Crippen molar-refractivity contribution in [3.05, 3.63) is 17.5 Å². The Bertz CT molecular complexity index is 263. The summed E-state index contributed by atoms with van der Waals surface area (Å²) in [4.78, 5) is 0. The quantitative estimate of drug-likeness (QED) is 0.583. The van der Waals surface area contributed by atoms with Crippen molar-refractivity contribution in [2.45, 2.75) is 19.4 Å². The van der Waals surface area contributed by atoms with Gasteiger partial charge in [-0.25, -0.2) is 0 Å². The number of epoxide rings is 1. The summed E-state index contributed by atoms with van der Waals surface area (Å²) in [6, 6.07) is 0. The van der Waals surface area contributed by atoms with Gasteiger partial charge in [-0.1, -0.05) is 0 Å². The average molecular weight is 152 g/mol. The molecule has 3 heteroatoms. The molecule has 0 N–H and O–H groups in total. The van der Waals surface area contributed by atoms with Crippen molar-refractivity contribution in [2.75, 3.05) is 6.61 Å². The van der Waals surface area contributed by atoms with E-state index in [1.54, 1.807) is 0 Å². The van der Waals surface area contributed by atoms with Gasteiger partial charge in [0.25, 0.3) is 0 Å². The third-order valence-corrected chi connectivity index (χ3v) is 1.94. The van der Waals surface area contributed by atoms with Crippen LogP contribution in [0.5, 0.6) is 0 Å². The number of hydrogen-bond acceptors (Lipinski definition) is 2. The van der Waals surface area contributed by atoms with Crippen LogP contribution >= 0.6 is 0 Å². The van der Waals surface area contributed by atoms with Crippen LogP contribution in [0.1, 0.15) is 11.3 Å². The van der Waals surface area contributed by atoms with Gasteiger partial charge in [0.05, 0.1) is 18.4 Å². The molecule has 1 unspecified atom stereocenters. The van der Waals surface area contributed by atoms with Crippen molar-refractivity contribution in [2.24, 2.45) is 7.05 Å². The monoisotopic (exact) mass is 152 g/mol. The van der Waals surface area contributed by atoms with Crippen molar-refractivity contribution >= 4 is 0 Å². The molecular formula is C8H12N2O. The second kappa shape index (κ2) is 2.34. The van der Waals surface area contributed by atoms with Gasteiger partial charge in [0, 0.05) is 19.7 Å². The average Bonchev–Trinajstić information content (AvgIpc) is 2.64. The summed E-state index contributed by atoms with van der Waals surface area (Å²) >= 11 is 0. The van der Waals surface area contributed by atoms with E-state index in [9.17, 15) is 0 Å². The first kappa shape index (κ1) is 6.85. The van der Waals surface area contributed by atoms with E-state index < -0.39 is 0 Å². The molecule has 1 atom stereocenters. The summed E-state index contributed by atoms with van der Waals surface area (Å²) < 4.78 is 6.98. The molecular weight excluding hydrogens is 140 g/mol. The highest BCUT2D eigenvalue weighted by Gasteiger charge is 2.24. The lowest BCUT2D eigenvalue weighted by molar-refractivity contribution is 0.405. The van der Waals surface area contributed by atoms with E-state index in [4.69, 9.17) is 4.74 Å². The minimum atomic E-state index is 0.448. The predicted molar refractivity (Wildman–Crippen MR) is 41.4 cm³/mol. The lowest BCUT2D eigenvalue weighted by Crippen LogP contribution is -1.96. The Balaban J connectivity index is 2.14. The van der Waals surface area contributed by atoms with Crippen LogP contribution in [0.4, 0.5) is 0 Å². The molecule has 0 spiro atoms. The number of hydrogen-bond donors (Lipinski definition) is 0. The molecule has 0 bridgehead atoms. The van der Waals surface area contributed by atoms with Gasteiger partial charge in [-0.15, -0.1) is 0 Å². The molecule has 60 valence electrons. The highest BCUT2D eigenvalue weighted by Crippen LogP contribution is 2.16. The first-order chi connectivity index (χ1) is 5.25. The van der Waals surface area contributed by atoms with Gasteiger partial charge in [0.1, 0.15) is 0 Å². The first-order valence-corrected chi connectivity index (χ1v) is 3.86. The molecule has 0 amide bonds. The molecule has 1 saturated heterocycles. The molecule has 0 radical (unpaired) electrons. The van der Waals surface area contributed by atoms with Gasteiger partial charge in [-0.3, -0.25) is 4.68 Å². The van der Waals surface area contributed by atoms with Crippen LogP contribution in [0.25, 0.3) is 0 Å². The molecule has 1 aromatic rings. The van der Waals surface area contributed by atoms with E-state index in [2.05, 4.69) is 12.0 Å². The summed E-state index contributed by atoms with van der Waals surface area (Å²) in [5.74, 6) is 0. The highest BCUT2D eigenvalue weighted by molar-refractivity contribution is 5.16. The van der Waals surface area contributed by atoms with E-state index in [0.29, 0.717) is 6.10 Å². The Morgan fingerprint density at radius 1 is 1.82 bits per heavy atom. The van der Waals surface area contributed by atoms with Crippen LogP contribution in [0.15, 0.2) is 6.20 Å². The summed E-state index contributed by atoms with van der Waals surface area (Å²) in [6.45, 7) is 3.00. The largest absolute Gasteiger partial charge is 0.373 e. The maximum atomic E-state index is 5.13. The van der Waals surface area contributed by atoms with E-state index in [0.717, 1.165) is 13.0 Å². The van der Waals surface area contributed by atoms with Crippen molar-refractivity contribution in [3.8, 4) is 0 Å². The topological polar surface area (TPSA) is 30.4 Å². The molecule has 1 aliphatic heterocycles. The summed E-state index contributed by atoms with van der Waals surface area (Å²) in [6.07, 6.45) is 3.47. The summed E-state index contributed by atoms with van der Waals surface area (Å²) in [7, 11) is 1.95. The molecule has 11 heavy (non-hydrogen) atoms. The third kappa shape index (κ3) is 1.43. The number of rotatable bonds is 2. The number of aryl methyl sites for hydroxylation is 2. The fourth-order valence-corrected chi connectivity index (χ4v) is 1.26. The Morgan fingerprint density at radius 3 is 3.00 bits per heavy atom. The zero-order chi connectivity index (χ0) is 7.84. The first-order valence-electron chi connectivity index (χ1n) is 3.86. The van der Waals surface area contributed by atoms with Crippen molar-refractivity contribution in [1.29, 1.82) is 0 Å². The van der Waals surface area contributed by atoms with Crippen LogP contribution in [-0.2, 0) is 18.2 Å². The predicted octanol–water partition coefficient (Wildman–Crippen LogP) is 0.670. The van der Waals surface area contributed by atoms with Crippen LogP contribution < -0.4 is 0 Å². The maximum absolute atomic E-state index is 5.13. The Labute approximate surface area is 66.0 Å². The standard InChI is InChI=1S/C8H12N2O/c1-6-4-10(2)9-8(6)3-7-5-11-7/h4,7H,3,5H2,1-2H3. The van der Waals surface area contributed by atoms with Gasteiger partial charge in [0.2, 0.25) is 0 Å². The molecule has 0 aliphatic carbocycles. The normalized spacial score (nSPS) is 22.2. The number of aromatic nitrogens is 2. The fraction of sp³-hybridized carbons (Fsp3) is 0.625. The van der Waals surface area contributed by atoms with Gasteiger partial charge in [0.15, 0.2) is 0 Å². The number of ether oxygens (including phenoxy) is 1. The van der Waals surface area contributed by atoms with Gasteiger partial charge in [-0.05, 0) is 12.5 Å². The molecule has 0 saturated carbocycles. The molecule has 2 heterocycles. The minimum absolute atomic E-state index is 0.448. The highest BCUT2D eigenvalue weighted by atomic mass is 16.6. The Morgan fingerprint density at radius 2 is 2.55 bits per heavy atom. The zero-order valence-electron chi connectivity index (χ0n) is 6.87. The summed E-state index contributed by atoms with van der Waals surface area (Å²) in [5, 5.41) is 4.33. The van der Waals surface area contributed by atoms with Crippen LogP contribution in [-0.4, -0.2) is 22.5 Å². The molecule has 2 rings (SSSR count). The Kier molecular flexibility index (Phi) is 1.46. The van der Waals surface area contributed by atoms with Gasteiger partial charge in [-0.2, -0.15) is 5.10 Å². The van der Waals surface area contributed by atoms with Crippen LogP contribution in [0, 0.1) is 6.92 Å². The van der Waals surface area contributed by atoms with Crippen molar-refractivity contribution in [1.82, 2.24) is 9.78 Å². The second-order valence-electron chi connectivity index (χ2n) is 3.09. The molecule has 1 aliphatic rings. The Hall–Kier alpha value is -0.830. The van der Waals surface area contributed by atoms with Crippen molar-refractivity contribution in [3.63, 3.8) is 0 Å². The minimum Gasteiger partial charge on any atom is -0.373 e. The molecule has 0 aromatic carbocycles. The lowest BCUT2D eigenvalue weighted by atomic mass is 10.2. The molecule has 1 aromatic heterocycles. The third-order valence-electron chi connectivity index (χ3n) is 1.94. The molecule has 1 fully saturated rings. The number of nitrogens with zero attached hydrogens (tertiary/aromatic N) is 2. The van der Waals surface area contributed by atoms with E-state index in [1.165, 1.54) is 11.3 Å². The van der Waals surface area contributed by atoms with Gasteiger partial charge < -0.3 is 4.74 Å². The van der Waals surface area contributed by atoms with E-state index in [-0.39, 0.29) is 0 Å². The van der Waals surface area contributed by atoms with Crippen molar-refractivity contribution < 1.29 is 4.74 Å². The SMILES string of the molecule is Cc1cn(C)nc1CC1CO1. The smallest absolute Gasteiger partial charge is 0.0866 e. The molecule has 3 nitrogen and oxygen atoms in total. The second-order valence-corrected chi connectivity index (χ2v) is 3.09. The van der Waals surface area contributed by atoms with E-state index >= 15 is 0 Å². The lowest BCUT2D eigenvalue weighted by Gasteiger charge is -1.90. The van der Waals surface area contributed by atoms with Gasteiger partial charge >= 0.3 is 0 Å². The fourth-order valence-electron chi connectivity index (χ4n) is 1.26.